The molecule has 0 fully saturated rings. The molecule has 0 radical (unpaired) electrons. The molecule has 0 bridgehead atoms. The van der Waals surface area contributed by atoms with Crippen LogP contribution in [0, 0.1) is 0 Å². The van der Waals surface area contributed by atoms with Gasteiger partial charge in [-0.1, -0.05) is 48.5 Å². The number of hydrogen-bond acceptors (Lipinski definition) is 3. The number of nitrogens with one attached hydrogen (secondary N) is 2. The highest BCUT2D eigenvalue weighted by molar-refractivity contribution is 7.89. The fourth-order valence-corrected chi connectivity index (χ4v) is 2.38. The van der Waals surface area contributed by atoms with E-state index >= 15 is 0 Å². The van der Waals surface area contributed by atoms with E-state index in [0.717, 1.165) is 5.56 Å². The maximum atomic E-state index is 11.8. The third-order valence-electron chi connectivity index (χ3n) is 2.40. The van der Waals surface area contributed by atoms with Gasteiger partial charge in [-0.3, -0.25) is 0 Å². The predicted molar refractivity (Wildman–Crippen MR) is 70.0 cm³/mol. The average Bonchev–Trinajstić information content (AvgIpc) is 2.41. The first-order valence-corrected chi connectivity index (χ1v) is 7.00. The second kappa shape index (κ2) is 5.77. The molecule has 0 atom stereocenters. The average molecular weight is 262 g/mol. The van der Waals surface area contributed by atoms with E-state index in [2.05, 4.69) is 10.3 Å². The molecule has 0 aromatic heterocycles. The van der Waals surface area contributed by atoms with Gasteiger partial charge >= 0.3 is 0 Å². The van der Waals surface area contributed by atoms with E-state index in [9.17, 15) is 8.42 Å². The third kappa shape index (κ3) is 3.40. The van der Waals surface area contributed by atoms with E-state index in [1.807, 2.05) is 30.3 Å². The van der Waals surface area contributed by atoms with Crippen LogP contribution in [0.5, 0.6) is 0 Å². The number of benzene rings is 2. The molecule has 0 unspecified atom stereocenters. The topological polar surface area (TPSA) is 58.2 Å². The molecule has 0 saturated heterocycles. The molecule has 5 heteroatoms. The van der Waals surface area contributed by atoms with Crippen molar-refractivity contribution in [1.82, 2.24) is 10.3 Å². The number of hydrogen-bond donors (Lipinski definition) is 2. The normalized spacial score (nSPS) is 11.3. The van der Waals surface area contributed by atoms with Gasteiger partial charge in [0.25, 0.3) is 10.0 Å². The van der Waals surface area contributed by atoms with Crippen molar-refractivity contribution in [1.29, 1.82) is 0 Å². The van der Waals surface area contributed by atoms with Gasteiger partial charge in [0.15, 0.2) is 0 Å². The molecule has 0 amide bonds. The largest absolute Gasteiger partial charge is 0.253 e. The van der Waals surface area contributed by atoms with Gasteiger partial charge in [0, 0.05) is 6.54 Å². The van der Waals surface area contributed by atoms with Crippen LogP contribution in [0.15, 0.2) is 65.6 Å². The van der Waals surface area contributed by atoms with E-state index in [1.54, 1.807) is 30.3 Å². The highest BCUT2D eigenvalue weighted by Gasteiger charge is 2.11. The highest BCUT2D eigenvalue weighted by atomic mass is 32.2. The zero-order valence-corrected chi connectivity index (χ0v) is 10.5. The minimum absolute atomic E-state index is 0.241. The van der Waals surface area contributed by atoms with Crippen molar-refractivity contribution in [2.45, 2.75) is 11.4 Å². The van der Waals surface area contributed by atoms with Gasteiger partial charge in [0.1, 0.15) is 0 Å². The summed E-state index contributed by atoms with van der Waals surface area (Å²) in [6.45, 7) is 0.437. The van der Waals surface area contributed by atoms with Gasteiger partial charge < -0.3 is 0 Å². The van der Waals surface area contributed by atoms with Crippen molar-refractivity contribution in [3.05, 3.63) is 66.2 Å². The van der Waals surface area contributed by atoms with Crippen LogP contribution in [-0.2, 0) is 16.6 Å². The van der Waals surface area contributed by atoms with Crippen LogP contribution in [-0.4, -0.2) is 8.42 Å². The molecule has 0 spiro atoms. The van der Waals surface area contributed by atoms with E-state index < -0.39 is 10.0 Å². The lowest BCUT2D eigenvalue weighted by atomic mass is 10.2. The first-order valence-electron chi connectivity index (χ1n) is 5.52. The zero-order chi connectivity index (χ0) is 12.8. The summed E-state index contributed by atoms with van der Waals surface area (Å²) in [7, 11) is -3.49. The fraction of sp³-hybridized carbons (Fsp3) is 0.0769. The van der Waals surface area contributed by atoms with Gasteiger partial charge in [-0.05, 0) is 17.7 Å². The van der Waals surface area contributed by atoms with Crippen LogP contribution in [0.4, 0.5) is 0 Å². The quantitative estimate of drug-likeness (QED) is 0.806. The molecule has 0 saturated carbocycles. The van der Waals surface area contributed by atoms with Crippen LogP contribution < -0.4 is 10.3 Å². The van der Waals surface area contributed by atoms with Crippen molar-refractivity contribution in [2.24, 2.45) is 0 Å². The Morgan fingerprint density at radius 3 is 2.00 bits per heavy atom. The lowest BCUT2D eigenvalue weighted by Gasteiger charge is -2.08. The standard InChI is InChI=1S/C13H14N2O2S/c16-18(17,13-9-5-2-6-10-13)15-14-11-12-7-3-1-4-8-12/h1-10,14-15H,11H2. The smallest absolute Gasteiger partial charge is 0.239 e. The van der Waals surface area contributed by atoms with Gasteiger partial charge in [-0.15, -0.1) is 4.83 Å². The number of rotatable bonds is 5. The number of hydrazine groups is 1. The molecular weight excluding hydrogens is 248 g/mol. The molecule has 2 aromatic carbocycles. The first-order chi connectivity index (χ1) is 8.68. The molecule has 2 N–H and O–H groups in total. The van der Waals surface area contributed by atoms with Crippen LogP contribution in [0.3, 0.4) is 0 Å². The van der Waals surface area contributed by atoms with Gasteiger partial charge in [-0.25, -0.2) is 13.8 Å². The molecule has 94 valence electrons. The SMILES string of the molecule is O=S(=O)(NNCc1ccccc1)c1ccccc1. The monoisotopic (exact) mass is 262 g/mol. The van der Waals surface area contributed by atoms with Crippen LogP contribution >= 0.6 is 0 Å². The van der Waals surface area contributed by atoms with Gasteiger partial charge in [0.05, 0.1) is 4.90 Å². The van der Waals surface area contributed by atoms with E-state index in [1.165, 1.54) is 0 Å². The molecule has 0 aliphatic carbocycles. The van der Waals surface area contributed by atoms with Gasteiger partial charge in [0.2, 0.25) is 0 Å². The molecule has 0 heterocycles. The van der Waals surface area contributed by atoms with Crippen molar-refractivity contribution >= 4 is 10.0 Å². The summed E-state index contributed by atoms with van der Waals surface area (Å²) in [6.07, 6.45) is 0. The Balaban J connectivity index is 1.95. The minimum Gasteiger partial charge on any atom is -0.239 e. The Morgan fingerprint density at radius 1 is 0.833 bits per heavy atom. The van der Waals surface area contributed by atoms with Crippen LogP contribution in [0.1, 0.15) is 5.56 Å². The fourth-order valence-electron chi connectivity index (χ4n) is 1.49. The molecule has 2 aromatic rings. The van der Waals surface area contributed by atoms with Gasteiger partial charge in [-0.2, -0.15) is 0 Å². The molecule has 0 aliphatic heterocycles. The summed E-state index contributed by atoms with van der Waals surface area (Å²) in [4.78, 5) is 2.59. The summed E-state index contributed by atoms with van der Waals surface area (Å²) in [5.74, 6) is 0. The molecular formula is C13H14N2O2S. The second-order valence-corrected chi connectivity index (χ2v) is 5.44. The third-order valence-corrected chi connectivity index (χ3v) is 3.70. The first kappa shape index (κ1) is 12.8. The Labute approximate surface area is 107 Å². The Morgan fingerprint density at radius 2 is 1.39 bits per heavy atom. The summed E-state index contributed by atoms with van der Waals surface area (Å²) in [6, 6.07) is 17.8. The summed E-state index contributed by atoms with van der Waals surface area (Å²) >= 11 is 0. The van der Waals surface area contributed by atoms with Crippen molar-refractivity contribution in [2.75, 3.05) is 0 Å². The van der Waals surface area contributed by atoms with Crippen molar-refractivity contribution in [3.63, 3.8) is 0 Å². The Hall–Kier alpha value is -1.69. The minimum atomic E-state index is -3.49. The lowest BCUT2D eigenvalue weighted by molar-refractivity contribution is 0.555. The van der Waals surface area contributed by atoms with Crippen molar-refractivity contribution in [3.8, 4) is 0 Å². The molecule has 4 nitrogen and oxygen atoms in total. The zero-order valence-electron chi connectivity index (χ0n) is 9.71. The predicted octanol–water partition coefficient (Wildman–Crippen LogP) is 1.67. The second-order valence-electron chi connectivity index (χ2n) is 3.76. The van der Waals surface area contributed by atoms with E-state index in [4.69, 9.17) is 0 Å². The lowest BCUT2D eigenvalue weighted by Crippen LogP contribution is -2.36. The number of sulfonamides is 1. The van der Waals surface area contributed by atoms with E-state index in [-0.39, 0.29) is 4.90 Å². The summed E-state index contributed by atoms with van der Waals surface area (Å²) < 4.78 is 23.7. The maximum Gasteiger partial charge on any atom is 0.253 e. The van der Waals surface area contributed by atoms with Crippen molar-refractivity contribution < 1.29 is 8.42 Å². The molecule has 0 aliphatic rings. The summed E-state index contributed by atoms with van der Waals surface area (Å²) in [5, 5.41) is 0. The molecule has 2 rings (SSSR count). The van der Waals surface area contributed by atoms with E-state index in [0.29, 0.717) is 6.54 Å². The maximum absolute atomic E-state index is 11.8. The molecule has 18 heavy (non-hydrogen) atoms. The summed E-state index contributed by atoms with van der Waals surface area (Å²) in [5.41, 5.74) is 3.71. The van der Waals surface area contributed by atoms with Crippen LogP contribution in [0.2, 0.25) is 0 Å². The Bertz CT molecular complexity index is 583. The Kier molecular flexibility index (Phi) is 4.09. The highest BCUT2D eigenvalue weighted by Crippen LogP contribution is 2.06. The van der Waals surface area contributed by atoms with Crippen LogP contribution in [0.25, 0.3) is 0 Å².